The van der Waals surface area contributed by atoms with E-state index in [2.05, 4.69) is 10.3 Å². The number of carbonyl (C=O) groups is 3. The number of hydrogen-bond acceptors (Lipinski definition) is 8. The number of alkyl halides is 2. The lowest BCUT2D eigenvalue weighted by molar-refractivity contribution is -0.132. The van der Waals surface area contributed by atoms with Gasteiger partial charge in [0.25, 0.3) is 5.91 Å². The molecule has 4 amide bonds. The second-order valence-electron chi connectivity index (χ2n) is 7.85. The fourth-order valence-electron chi connectivity index (χ4n) is 3.68. The van der Waals surface area contributed by atoms with Crippen LogP contribution in [0.1, 0.15) is 4.88 Å². The van der Waals surface area contributed by atoms with Gasteiger partial charge in [-0.05, 0) is 18.2 Å². The van der Waals surface area contributed by atoms with Crippen LogP contribution < -0.4 is 20.4 Å². The van der Waals surface area contributed by atoms with Crippen LogP contribution >= 0.6 is 11.3 Å². The number of nitrogens with zero attached hydrogens (tertiary/aromatic N) is 4. The zero-order valence-electron chi connectivity index (χ0n) is 18.9. The molecule has 1 aromatic carbocycles. The Morgan fingerprint density at radius 3 is 2.78 bits per heavy atom. The van der Waals surface area contributed by atoms with E-state index in [0.29, 0.717) is 19.6 Å². The summed E-state index contributed by atoms with van der Waals surface area (Å²) < 4.78 is 44.7. The molecule has 0 bridgehead atoms. The maximum Gasteiger partial charge on any atom is 0.414 e. The van der Waals surface area contributed by atoms with Crippen LogP contribution in [0.3, 0.4) is 0 Å². The molecule has 1 unspecified atom stereocenters. The molecule has 3 heterocycles. The van der Waals surface area contributed by atoms with Crippen LogP contribution in [0, 0.1) is 5.82 Å². The predicted octanol–water partition coefficient (Wildman–Crippen LogP) is 1.95. The number of benzene rings is 1. The Labute approximate surface area is 207 Å². The number of anilines is 2. The highest BCUT2D eigenvalue weighted by atomic mass is 32.1. The predicted molar refractivity (Wildman–Crippen MR) is 122 cm³/mol. The molecule has 2 fully saturated rings. The molecule has 2 aliphatic rings. The van der Waals surface area contributed by atoms with Gasteiger partial charge >= 0.3 is 18.5 Å². The summed E-state index contributed by atoms with van der Waals surface area (Å²) in [6.45, 7) is 0.980. The smallest absolute Gasteiger partial charge is 0.414 e. The van der Waals surface area contributed by atoms with Gasteiger partial charge in [0.2, 0.25) is 0 Å². The number of urea groups is 1. The zero-order valence-corrected chi connectivity index (χ0v) is 19.7. The standard InChI is InChI=1S/C21H23F3N6O5S/c22-16-7-13(29-11-14(35-21(29)33)8-26-19(31)18(23)24)1-2-17(16)28-3-4-30(34-6-5-28)20(32)27-10-15-9-25-12-36-15/h1-2,7,9,12,14,18H,3-6,8,10-11H2,(H,26,31)(H,27,32). The molecule has 194 valence electrons. The van der Waals surface area contributed by atoms with Crippen LogP contribution in [-0.4, -0.2) is 79.9 Å². The number of hydrogen-bond donors (Lipinski definition) is 2. The van der Waals surface area contributed by atoms with E-state index in [-0.39, 0.29) is 37.6 Å². The van der Waals surface area contributed by atoms with Gasteiger partial charge in [-0.3, -0.25) is 19.5 Å². The molecule has 15 heteroatoms. The second-order valence-corrected chi connectivity index (χ2v) is 8.82. The topological polar surface area (TPSA) is 116 Å². The molecule has 2 aromatic rings. The summed E-state index contributed by atoms with van der Waals surface area (Å²) >= 11 is 1.42. The number of halogens is 3. The van der Waals surface area contributed by atoms with E-state index in [1.807, 2.05) is 5.32 Å². The van der Waals surface area contributed by atoms with Gasteiger partial charge in [0.05, 0.1) is 49.7 Å². The van der Waals surface area contributed by atoms with E-state index in [1.54, 1.807) is 16.6 Å². The van der Waals surface area contributed by atoms with Crippen molar-refractivity contribution in [1.82, 2.24) is 20.7 Å². The molecule has 0 spiro atoms. The van der Waals surface area contributed by atoms with Gasteiger partial charge in [-0.1, -0.05) is 0 Å². The van der Waals surface area contributed by atoms with Crippen LogP contribution in [0.5, 0.6) is 0 Å². The lowest BCUT2D eigenvalue weighted by Crippen LogP contribution is -2.41. The third kappa shape index (κ3) is 6.15. The van der Waals surface area contributed by atoms with Gasteiger partial charge in [-0.2, -0.15) is 8.78 Å². The van der Waals surface area contributed by atoms with Gasteiger partial charge in [0, 0.05) is 24.2 Å². The van der Waals surface area contributed by atoms with Crippen molar-refractivity contribution in [2.24, 2.45) is 0 Å². The molecule has 0 aliphatic carbocycles. The number of thiazole rings is 1. The number of cyclic esters (lactones) is 1. The van der Waals surface area contributed by atoms with E-state index in [1.165, 1.54) is 34.6 Å². The number of nitrogens with one attached hydrogen (secondary N) is 2. The number of amides is 4. The number of aromatic nitrogens is 1. The summed E-state index contributed by atoms with van der Waals surface area (Å²) in [5.41, 5.74) is 2.16. The molecule has 4 rings (SSSR count). The summed E-state index contributed by atoms with van der Waals surface area (Å²) in [5.74, 6) is -2.06. The molecule has 2 aliphatic heterocycles. The highest BCUT2D eigenvalue weighted by molar-refractivity contribution is 7.09. The molecular weight excluding hydrogens is 505 g/mol. The van der Waals surface area contributed by atoms with Crippen LogP contribution in [-0.2, 0) is 20.9 Å². The van der Waals surface area contributed by atoms with Crippen molar-refractivity contribution in [2.45, 2.75) is 19.1 Å². The summed E-state index contributed by atoms with van der Waals surface area (Å²) in [6.07, 6.45) is -3.13. The molecule has 2 saturated heterocycles. The Balaban J connectivity index is 1.32. The van der Waals surface area contributed by atoms with Gasteiger partial charge in [0.15, 0.2) is 0 Å². The van der Waals surface area contributed by atoms with Crippen molar-refractivity contribution in [3.05, 3.63) is 40.6 Å². The van der Waals surface area contributed by atoms with Gasteiger partial charge < -0.3 is 20.3 Å². The van der Waals surface area contributed by atoms with Gasteiger partial charge in [-0.15, -0.1) is 11.3 Å². The van der Waals surface area contributed by atoms with E-state index >= 15 is 4.39 Å². The Hall–Kier alpha value is -3.59. The highest BCUT2D eigenvalue weighted by Crippen LogP contribution is 2.28. The summed E-state index contributed by atoms with van der Waals surface area (Å²) in [5, 5.41) is 5.93. The molecule has 1 aromatic heterocycles. The molecule has 11 nitrogen and oxygen atoms in total. The molecule has 36 heavy (non-hydrogen) atoms. The Morgan fingerprint density at radius 2 is 2.06 bits per heavy atom. The first-order valence-electron chi connectivity index (χ1n) is 11.0. The zero-order chi connectivity index (χ0) is 25.7. The average Bonchev–Trinajstić information content (AvgIpc) is 3.44. The third-order valence-electron chi connectivity index (χ3n) is 5.47. The second kappa shape index (κ2) is 11.4. The largest absolute Gasteiger partial charge is 0.442 e. The van der Waals surface area contributed by atoms with Crippen molar-refractivity contribution in [3.63, 3.8) is 0 Å². The first-order valence-corrected chi connectivity index (χ1v) is 11.8. The summed E-state index contributed by atoms with van der Waals surface area (Å²) in [7, 11) is 0. The lowest BCUT2D eigenvalue weighted by atomic mass is 10.2. The van der Waals surface area contributed by atoms with Gasteiger partial charge in [-0.25, -0.2) is 19.0 Å². The maximum atomic E-state index is 15.0. The van der Waals surface area contributed by atoms with Crippen LogP contribution in [0.2, 0.25) is 0 Å². The normalized spacial score (nSPS) is 18.3. The Bertz CT molecular complexity index is 1090. The van der Waals surface area contributed by atoms with Crippen LogP contribution in [0.4, 0.5) is 34.1 Å². The first kappa shape index (κ1) is 25.5. The summed E-state index contributed by atoms with van der Waals surface area (Å²) in [6, 6.07) is 3.80. The van der Waals surface area contributed by atoms with Crippen LogP contribution in [0.25, 0.3) is 0 Å². The minimum absolute atomic E-state index is 0.0374. The van der Waals surface area contributed by atoms with Crippen molar-refractivity contribution in [1.29, 1.82) is 0 Å². The van der Waals surface area contributed by atoms with Crippen molar-refractivity contribution >= 4 is 40.7 Å². The minimum atomic E-state index is -3.17. The number of hydroxylamine groups is 2. The monoisotopic (exact) mass is 528 g/mol. The number of carbonyl (C=O) groups excluding carboxylic acids is 3. The highest BCUT2D eigenvalue weighted by Gasteiger charge is 2.33. The average molecular weight is 529 g/mol. The molecule has 1 atom stereocenters. The third-order valence-corrected chi connectivity index (χ3v) is 6.24. The number of ether oxygens (including phenoxy) is 1. The first-order chi connectivity index (χ1) is 17.3. The van der Waals surface area contributed by atoms with E-state index in [4.69, 9.17) is 9.57 Å². The van der Waals surface area contributed by atoms with Crippen LogP contribution in [0.15, 0.2) is 29.9 Å². The van der Waals surface area contributed by atoms with Crippen molar-refractivity contribution in [2.75, 3.05) is 49.1 Å². The molecule has 0 radical (unpaired) electrons. The van der Waals surface area contributed by atoms with E-state index in [9.17, 15) is 23.2 Å². The molecule has 2 N–H and O–H groups in total. The number of rotatable bonds is 7. The van der Waals surface area contributed by atoms with Crippen molar-refractivity contribution in [3.8, 4) is 0 Å². The molecular formula is C21H23F3N6O5S. The minimum Gasteiger partial charge on any atom is -0.442 e. The Kier molecular flexibility index (Phi) is 8.10. The van der Waals surface area contributed by atoms with Gasteiger partial charge in [0.1, 0.15) is 11.9 Å². The fourth-order valence-corrected chi connectivity index (χ4v) is 4.22. The van der Waals surface area contributed by atoms with E-state index in [0.717, 1.165) is 9.78 Å². The van der Waals surface area contributed by atoms with E-state index < -0.39 is 36.4 Å². The maximum absolute atomic E-state index is 15.0. The lowest BCUT2D eigenvalue weighted by Gasteiger charge is -2.24. The molecule has 0 saturated carbocycles. The quantitative estimate of drug-likeness (QED) is 0.564. The Morgan fingerprint density at radius 1 is 1.22 bits per heavy atom. The van der Waals surface area contributed by atoms with Crippen molar-refractivity contribution < 1.29 is 37.1 Å². The fraction of sp³-hybridized carbons (Fsp3) is 0.429. The SMILES string of the molecule is O=C(NCC1CN(c2ccc(N3CCON(C(=O)NCc4cncs4)CC3)c(F)c2)C(=O)O1)C(F)F. The summed E-state index contributed by atoms with van der Waals surface area (Å²) in [4.78, 5) is 48.8.